The lowest BCUT2D eigenvalue weighted by Crippen LogP contribution is -2.22. The first-order chi connectivity index (χ1) is 8.70. The van der Waals surface area contributed by atoms with Crippen molar-refractivity contribution in [3.63, 3.8) is 0 Å². The fraction of sp³-hybridized carbons (Fsp3) is 0.357. The van der Waals surface area contributed by atoms with E-state index < -0.39 is 0 Å². The fourth-order valence-corrected chi connectivity index (χ4v) is 2.59. The number of hydrogen-bond donors (Lipinski definition) is 1. The number of nitrogens with two attached hydrogens (primary N) is 1. The zero-order valence-corrected chi connectivity index (χ0v) is 11.7. The Morgan fingerprint density at radius 2 is 2.06 bits per heavy atom. The molecule has 18 heavy (non-hydrogen) atoms. The van der Waals surface area contributed by atoms with Gasteiger partial charge in [-0.15, -0.1) is 11.3 Å². The van der Waals surface area contributed by atoms with E-state index in [1.54, 1.807) is 11.3 Å². The lowest BCUT2D eigenvalue weighted by Gasteiger charge is -2.21. The van der Waals surface area contributed by atoms with Crippen LogP contribution in [0, 0.1) is 0 Å². The van der Waals surface area contributed by atoms with Crippen LogP contribution in [-0.2, 0) is 6.54 Å². The van der Waals surface area contributed by atoms with Crippen LogP contribution in [-0.4, -0.2) is 11.5 Å². The molecule has 0 saturated carbocycles. The molecule has 0 radical (unpaired) electrons. The van der Waals surface area contributed by atoms with Gasteiger partial charge in [-0.1, -0.05) is 18.2 Å². The van der Waals surface area contributed by atoms with Crippen LogP contribution in [0.4, 0.5) is 5.69 Å². The maximum absolute atomic E-state index is 5.84. The van der Waals surface area contributed by atoms with Crippen LogP contribution in [0.15, 0.2) is 35.7 Å². The van der Waals surface area contributed by atoms with Crippen LogP contribution < -0.4 is 10.6 Å². The molecule has 2 aromatic rings. The number of para-hydroxylation sites is 1. The summed E-state index contributed by atoms with van der Waals surface area (Å²) in [4.78, 5) is 6.88. The van der Waals surface area contributed by atoms with Crippen molar-refractivity contribution in [2.24, 2.45) is 5.73 Å². The van der Waals surface area contributed by atoms with Crippen LogP contribution >= 0.6 is 11.3 Å². The summed E-state index contributed by atoms with van der Waals surface area (Å²) in [6, 6.07) is 10.4. The molecular formula is C14H19N3S. The molecule has 2 rings (SSSR count). The van der Waals surface area contributed by atoms with Gasteiger partial charge in [0, 0.05) is 17.6 Å². The molecule has 0 aliphatic rings. The Bertz CT molecular complexity index is 479. The topological polar surface area (TPSA) is 42.1 Å². The molecular weight excluding hydrogens is 242 g/mol. The average molecular weight is 261 g/mol. The summed E-state index contributed by atoms with van der Waals surface area (Å²) in [7, 11) is 0. The van der Waals surface area contributed by atoms with E-state index in [0.29, 0.717) is 0 Å². The van der Waals surface area contributed by atoms with Gasteiger partial charge in [0.05, 0.1) is 18.3 Å². The summed E-state index contributed by atoms with van der Waals surface area (Å²) in [5, 5.41) is 3.11. The minimum absolute atomic E-state index is 0.0237. The second-order valence-corrected chi connectivity index (χ2v) is 5.21. The minimum atomic E-state index is 0.0237. The van der Waals surface area contributed by atoms with E-state index in [-0.39, 0.29) is 6.04 Å². The van der Waals surface area contributed by atoms with Gasteiger partial charge in [-0.3, -0.25) is 0 Å². The van der Waals surface area contributed by atoms with Gasteiger partial charge >= 0.3 is 0 Å². The molecule has 0 bridgehead atoms. The largest absolute Gasteiger partial charge is 0.366 e. The first-order valence-electron chi connectivity index (χ1n) is 6.20. The Kier molecular flexibility index (Phi) is 4.33. The zero-order valence-electron chi connectivity index (χ0n) is 10.8. The summed E-state index contributed by atoms with van der Waals surface area (Å²) in [5.74, 6) is 0. The van der Waals surface area contributed by atoms with E-state index >= 15 is 0 Å². The van der Waals surface area contributed by atoms with Crippen molar-refractivity contribution in [3.05, 3.63) is 46.4 Å². The number of aromatic nitrogens is 1. The lowest BCUT2D eigenvalue weighted by molar-refractivity contribution is 0.775. The van der Waals surface area contributed by atoms with E-state index in [0.717, 1.165) is 23.8 Å². The second kappa shape index (κ2) is 5.98. The molecule has 1 heterocycles. The maximum Gasteiger partial charge on any atom is 0.109 e. The molecule has 1 unspecified atom stereocenters. The Balaban J connectivity index is 2.10. The lowest BCUT2D eigenvalue weighted by atomic mass is 10.2. The number of rotatable bonds is 5. The van der Waals surface area contributed by atoms with E-state index in [4.69, 9.17) is 5.73 Å². The summed E-state index contributed by atoms with van der Waals surface area (Å²) >= 11 is 1.64. The Morgan fingerprint density at radius 3 is 2.61 bits per heavy atom. The number of nitrogens with zero attached hydrogens (tertiary/aromatic N) is 2. The van der Waals surface area contributed by atoms with Gasteiger partial charge in [-0.05, 0) is 26.0 Å². The minimum Gasteiger partial charge on any atom is -0.366 e. The van der Waals surface area contributed by atoms with E-state index in [2.05, 4.69) is 46.5 Å². The van der Waals surface area contributed by atoms with Gasteiger partial charge in [0.25, 0.3) is 0 Å². The molecule has 3 nitrogen and oxygen atoms in total. The Morgan fingerprint density at radius 1 is 1.33 bits per heavy atom. The summed E-state index contributed by atoms with van der Waals surface area (Å²) in [6.07, 6.45) is 0. The third-order valence-corrected chi connectivity index (χ3v) is 3.91. The van der Waals surface area contributed by atoms with E-state index in [1.165, 1.54) is 5.69 Å². The highest BCUT2D eigenvalue weighted by molar-refractivity contribution is 7.09. The summed E-state index contributed by atoms with van der Waals surface area (Å²) < 4.78 is 0. The molecule has 1 aromatic carbocycles. The SMILES string of the molecule is CCN(Cc1csc(C(C)N)n1)c1ccccc1. The predicted molar refractivity (Wildman–Crippen MR) is 77.9 cm³/mol. The van der Waals surface area contributed by atoms with E-state index in [9.17, 15) is 0 Å². The number of benzene rings is 1. The number of hydrogen-bond acceptors (Lipinski definition) is 4. The van der Waals surface area contributed by atoms with Gasteiger partial charge in [-0.25, -0.2) is 4.98 Å². The normalized spacial score (nSPS) is 12.4. The molecule has 0 aliphatic carbocycles. The van der Waals surface area contributed by atoms with Gasteiger partial charge in [0.2, 0.25) is 0 Å². The highest BCUT2D eigenvalue weighted by atomic mass is 32.1. The highest BCUT2D eigenvalue weighted by Gasteiger charge is 2.09. The molecule has 4 heteroatoms. The van der Waals surface area contributed by atoms with Gasteiger partial charge in [0.15, 0.2) is 0 Å². The zero-order chi connectivity index (χ0) is 13.0. The molecule has 1 aromatic heterocycles. The van der Waals surface area contributed by atoms with Crippen molar-refractivity contribution >= 4 is 17.0 Å². The van der Waals surface area contributed by atoms with Crippen molar-refractivity contribution in [2.45, 2.75) is 26.4 Å². The van der Waals surface area contributed by atoms with Crippen LogP contribution in [0.25, 0.3) is 0 Å². The molecule has 2 N–H and O–H groups in total. The van der Waals surface area contributed by atoms with Crippen LogP contribution in [0.2, 0.25) is 0 Å². The van der Waals surface area contributed by atoms with Crippen molar-refractivity contribution < 1.29 is 0 Å². The van der Waals surface area contributed by atoms with Crippen molar-refractivity contribution in [2.75, 3.05) is 11.4 Å². The van der Waals surface area contributed by atoms with Crippen LogP contribution in [0.3, 0.4) is 0 Å². The molecule has 0 spiro atoms. The molecule has 0 fully saturated rings. The Hall–Kier alpha value is -1.39. The molecule has 0 saturated heterocycles. The first kappa shape index (κ1) is 13.1. The Labute approximate surface area is 112 Å². The molecule has 0 amide bonds. The van der Waals surface area contributed by atoms with Crippen LogP contribution in [0.5, 0.6) is 0 Å². The average Bonchev–Trinajstić information content (AvgIpc) is 2.86. The predicted octanol–water partition coefficient (Wildman–Crippen LogP) is 3.19. The maximum atomic E-state index is 5.84. The summed E-state index contributed by atoms with van der Waals surface area (Å²) in [5.41, 5.74) is 8.16. The standard InChI is InChI=1S/C14H19N3S/c1-3-17(13-7-5-4-6-8-13)9-12-10-18-14(16-12)11(2)15/h4-8,10-11H,3,9,15H2,1-2H3. The van der Waals surface area contributed by atoms with Gasteiger partial charge < -0.3 is 10.6 Å². The van der Waals surface area contributed by atoms with Crippen molar-refractivity contribution in [1.82, 2.24) is 4.98 Å². The third kappa shape index (κ3) is 3.09. The first-order valence-corrected chi connectivity index (χ1v) is 7.08. The monoisotopic (exact) mass is 261 g/mol. The van der Waals surface area contributed by atoms with E-state index in [1.807, 2.05) is 13.0 Å². The molecule has 0 aliphatic heterocycles. The number of anilines is 1. The quantitative estimate of drug-likeness (QED) is 0.898. The van der Waals surface area contributed by atoms with Crippen molar-refractivity contribution in [1.29, 1.82) is 0 Å². The third-order valence-electron chi connectivity index (χ3n) is 2.81. The fourth-order valence-electron chi connectivity index (χ4n) is 1.82. The van der Waals surface area contributed by atoms with Crippen LogP contribution in [0.1, 0.15) is 30.6 Å². The summed E-state index contributed by atoms with van der Waals surface area (Å²) in [6.45, 7) is 5.93. The smallest absolute Gasteiger partial charge is 0.109 e. The van der Waals surface area contributed by atoms with Gasteiger partial charge in [-0.2, -0.15) is 0 Å². The van der Waals surface area contributed by atoms with Crippen molar-refractivity contribution in [3.8, 4) is 0 Å². The van der Waals surface area contributed by atoms with Gasteiger partial charge in [0.1, 0.15) is 5.01 Å². The highest BCUT2D eigenvalue weighted by Crippen LogP contribution is 2.20. The molecule has 1 atom stereocenters. The molecule has 96 valence electrons. The number of thiazole rings is 1. The second-order valence-electron chi connectivity index (χ2n) is 4.32.